The maximum Gasteiger partial charge on any atom is 0.230 e. The summed E-state index contributed by atoms with van der Waals surface area (Å²) in [6, 6.07) is 7.55. The summed E-state index contributed by atoms with van der Waals surface area (Å²) in [6.45, 7) is 0.708. The van der Waals surface area contributed by atoms with Gasteiger partial charge in [-0.15, -0.1) is 11.8 Å². The molecule has 0 radical (unpaired) electrons. The van der Waals surface area contributed by atoms with Crippen LogP contribution in [-0.2, 0) is 4.79 Å². The molecule has 1 N–H and O–H groups in total. The predicted molar refractivity (Wildman–Crippen MR) is 81.7 cm³/mol. The summed E-state index contributed by atoms with van der Waals surface area (Å²) in [5.74, 6) is 0.543. The fraction of sp³-hybridized carbons (Fsp3) is 0.400. The first kappa shape index (κ1) is 14.5. The Morgan fingerprint density at radius 1 is 1.26 bits per heavy atom. The summed E-state index contributed by atoms with van der Waals surface area (Å²) in [5.41, 5.74) is 1.37. The van der Waals surface area contributed by atoms with E-state index in [9.17, 15) is 4.79 Å². The Kier molecular flexibility index (Phi) is 5.80. The van der Waals surface area contributed by atoms with Gasteiger partial charge in [0.1, 0.15) is 0 Å². The maximum absolute atomic E-state index is 11.7. The molecule has 0 aliphatic heterocycles. The van der Waals surface area contributed by atoms with Crippen molar-refractivity contribution in [3.63, 3.8) is 0 Å². The number of carbonyl (C=O) groups excluding carboxylic acids is 1. The highest BCUT2D eigenvalue weighted by atomic mass is 35.5. The second kappa shape index (κ2) is 7.61. The van der Waals surface area contributed by atoms with Crippen LogP contribution in [0.3, 0.4) is 0 Å². The van der Waals surface area contributed by atoms with Gasteiger partial charge in [-0.05, 0) is 49.9 Å². The van der Waals surface area contributed by atoms with Gasteiger partial charge in [0, 0.05) is 16.5 Å². The van der Waals surface area contributed by atoms with Gasteiger partial charge in [0.05, 0.1) is 5.75 Å². The summed E-state index contributed by atoms with van der Waals surface area (Å²) >= 11 is 7.35. The van der Waals surface area contributed by atoms with E-state index < -0.39 is 0 Å². The van der Waals surface area contributed by atoms with Crippen LogP contribution in [0.2, 0.25) is 5.02 Å². The van der Waals surface area contributed by atoms with Gasteiger partial charge >= 0.3 is 0 Å². The molecular formula is C15H18ClNOS. The minimum atomic E-state index is 0.0893. The molecule has 0 unspecified atom stereocenters. The number of amides is 1. The van der Waals surface area contributed by atoms with E-state index in [2.05, 4.69) is 11.4 Å². The Hall–Kier alpha value is -0.930. The van der Waals surface area contributed by atoms with Crippen LogP contribution in [0.25, 0.3) is 0 Å². The summed E-state index contributed by atoms with van der Waals surface area (Å²) in [4.78, 5) is 12.8. The van der Waals surface area contributed by atoms with E-state index in [1.54, 1.807) is 0 Å². The summed E-state index contributed by atoms with van der Waals surface area (Å²) < 4.78 is 0. The minimum absolute atomic E-state index is 0.0893. The van der Waals surface area contributed by atoms with Crippen molar-refractivity contribution in [3.8, 4) is 0 Å². The summed E-state index contributed by atoms with van der Waals surface area (Å²) in [5, 5.41) is 3.70. The van der Waals surface area contributed by atoms with Gasteiger partial charge in [-0.2, -0.15) is 0 Å². The van der Waals surface area contributed by atoms with Crippen LogP contribution >= 0.6 is 23.4 Å². The fourth-order valence-electron chi connectivity index (χ4n) is 2.01. The van der Waals surface area contributed by atoms with Crippen molar-refractivity contribution < 1.29 is 4.79 Å². The molecule has 1 amide bonds. The molecule has 19 heavy (non-hydrogen) atoms. The van der Waals surface area contributed by atoms with Crippen molar-refractivity contribution in [1.29, 1.82) is 0 Å². The number of nitrogens with one attached hydrogen (secondary N) is 1. The number of hydrogen-bond donors (Lipinski definition) is 1. The molecule has 0 aromatic heterocycles. The van der Waals surface area contributed by atoms with Gasteiger partial charge in [0.15, 0.2) is 0 Å². The maximum atomic E-state index is 11.7. The monoisotopic (exact) mass is 295 g/mol. The van der Waals surface area contributed by atoms with Crippen LogP contribution in [-0.4, -0.2) is 18.2 Å². The van der Waals surface area contributed by atoms with Crippen LogP contribution in [0.1, 0.15) is 25.7 Å². The normalized spacial score (nSPS) is 14.9. The Morgan fingerprint density at radius 3 is 2.74 bits per heavy atom. The van der Waals surface area contributed by atoms with E-state index in [4.69, 9.17) is 11.6 Å². The van der Waals surface area contributed by atoms with Gasteiger partial charge in [-0.3, -0.25) is 4.79 Å². The lowest BCUT2D eigenvalue weighted by molar-refractivity contribution is -0.118. The smallest absolute Gasteiger partial charge is 0.230 e. The SMILES string of the molecule is O=C(CSc1ccc(Cl)cc1)NCC1=CCCCC1. The molecule has 0 spiro atoms. The molecular weight excluding hydrogens is 278 g/mol. The number of hydrogen-bond acceptors (Lipinski definition) is 2. The minimum Gasteiger partial charge on any atom is -0.352 e. The number of allylic oxidation sites excluding steroid dienone is 1. The zero-order valence-corrected chi connectivity index (χ0v) is 12.4. The molecule has 0 bridgehead atoms. The molecule has 0 heterocycles. The van der Waals surface area contributed by atoms with Crippen LogP contribution in [0.15, 0.2) is 40.8 Å². The molecule has 0 saturated heterocycles. The van der Waals surface area contributed by atoms with Gasteiger partial charge in [0.2, 0.25) is 5.91 Å². The van der Waals surface area contributed by atoms with Crippen molar-refractivity contribution in [3.05, 3.63) is 40.9 Å². The predicted octanol–water partition coefficient (Wildman–Crippen LogP) is 4.05. The molecule has 4 heteroatoms. The van der Waals surface area contributed by atoms with Crippen LogP contribution in [0, 0.1) is 0 Å². The van der Waals surface area contributed by atoms with Gasteiger partial charge in [0.25, 0.3) is 0 Å². The van der Waals surface area contributed by atoms with E-state index in [-0.39, 0.29) is 5.91 Å². The lowest BCUT2D eigenvalue weighted by Crippen LogP contribution is -2.27. The highest BCUT2D eigenvalue weighted by molar-refractivity contribution is 8.00. The molecule has 102 valence electrons. The molecule has 1 aromatic carbocycles. The number of halogens is 1. The van der Waals surface area contributed by atoms with Gasteiger partial charge in [-0.25, -0.2) is 0 Å². The van der Waals surface area contributed by atoms with E-state index in [1.165, 1.54) is 30.2 Å². The van der Waals surface area contributed by atoms with Crippen LogP contribution in [0.4, 0.5) is 0 Å². The van der Waals surface area contributed by atoms with E-state index in [1.807, 2.05) is 24.3 Å². The third-order valence-corrected chi connectivity index (χ3v) is 4.35. The highest BCUT2D eigenvalue weighted by Crippen LogP contribution is 2.20. The summed E-state index contributed by atoms with van der Waals surface area (Å²) in [7, 11) is 0. The third kappa shape index (κ3) is 5.29. The molecule has 2 nitrogen and oxygen atoms in total. The number of carbonyl (C=O) groups is 1. The standard InChI is InChI=1S/C15H18ClNOS/c16-13-6-8-14(9-7-13)19-11-15(18)17-10-12-4-2-1-3-5-12/h4,6-9H,1-3,5,10-11H2,(H,17,18). The van der Waals surface area contributed by atoms with Crippen molar-refractivity contribution in [2.75, 3.05) is 12.3 Å². The quantitative estimate of drug-likeness (QED) is 0.656. The number of thioether (sulfide) groups is 1. The number of benzene rings is 1. The average Bonchev–Trinajstić information content (AvgIpc) is 2.45. The Balaban J connectivity index is 1.69. The molecule has 0 saturated carbocycles. The van der Waals surface area contributed by atoms with E-state index in [0.29, 0.717) is 12.3 Å². The molecule has 1 aliphatic rings. The first-order valence-electron chi connectivity index (χ1n) is 6.57. The largest absolute Gasteiger partial charge is 0.352 e. The Labute approximate surface area is 123 Å². The molecule has 0 fully saturated rings. The molecule has 2 rings (SSSR count). The lowest BCUT2D eigenvalue weighted by Gasteiger charge is -2.13. The van der Waals surface area contributed by atoms with E-state index >= 15 is 0 Å². The molecule has 0 atom stereocenters. The van der Waals surface area contributed by atoms with E-state index in [0.717, 1.165) is 22.8 Å². The second-order valence-corrected chi connectivity index (χ2v) is 6.11. The zero-order chi connectivity index (χ0) is 13.5. The zero-order valence-electron chi connectivity index (χ0n) is 10.8. The van der Waals surface area contributed by atoms with Gasteiger partial charge < -0.3 is 5.32 Å². The fourth-order valence-corrected chi connectivity index (χ4v) is 2.86. The first-order valence-corrected chi connectivity index (χ1v) is 7.93. The third-order valence-electron chi connectivity index (χ3n) is 3.08. The molecule has 1 aliphatic carbocycles. The van der Waals surface area contributed by atoms with Crippen molar-refractivity contribution >= 4 is 29.3 Å². The second-order valence-electron chi connectivity index (χ2n) is 4.63. The van der Waals surface area contributed by atoms with Crippen LogP contribution in [0.5, 0.6) is 0 Å². The van der Waals surface area contributed by atoms with Crippen LogP contribution < -0.4 is 5.32 Å². The number of rotatable bonds is 5. The Bertz CT molecular complexity index is 456. The van der Waals surface area contributed by atoms with Crippen molar-refractivity contribution in [2.24, 2.45) is 0 Å². The topological polar surface area (TPSA) is 29.1 Å². The highest BCUT2D eigenvalue weighted by Gasteiger charge is 2.06. The van der Waals surface area contributed by atoms with Gasteiger partial charge in [-0.1, -0.05) is 23.3 Å². The molecule has 1 aromatic rings. The average molecular weight is 296 g/mol. The first-order chi connectivity index (χ1) is 9.24. The lowest BCUT2D eigenvalue weighted by atomic mass is 10.00. The van der Waals surface area contributed by atoms with Crippen molar-refractivity contribution in [1.82, 2.24) is 5.32 Å². The summed E-state index contributed by atoms with van der Waals surface area (Å²) in [6.07, 6.45) is 7.08. The van der Waals surface area contributed by atoms with Crippen molar-refractivity contribution in [2.45, 2.75) is 30.6 Å². The Morgan fingerprint density at radius 2 is 2.05 bits per heavy atom.